The molecule has 0 aliphatic rings. The quantitative estimate of drug-likeness (QED) is 0.458. The number of aromatic nitrogens is 4. The van der Waals surface area contributed by atoms with Crippen LogP contribution in [-0.4, -0.2) is 44.3 Å². The molecule has 0 aliphatic heterocycles. The average Bonchev–Trinajstić information content (AvgIpc) is 3.30. The number of amides is 1. The second-order valence-electron chi connectivity index (χ2n) is 5.97. The number of nitrogens with one attached hydrogen (secondary N) is 1. The third kappa shape index (κ3) is 4.74. The van der Waals surface area contributed by atoms with Crippen LogP contribution in [0.25, 0.3) is 0 Å². The zero-order valence-corrected chi connectivity index (χ0v) is 15.6. The van der Waals surface area contributed by atoms with Gasteiger partial charge in [-0.05, 0) is 36.8 Å². The van der Waals surface area contributed by atoms with E-state index in [9.17, 15) is 23.1 Å². The second-order valence-corrected chi connectivity index (χ2v) is 5.97. The largest absolute Gasteiger partial charge is 0.504 e. The molecule has 2 N–H and O–H groups in total. The Labute approximate surface area is 167 Å². The number of benzene rings is 1. The lowest BCUT2D eigenvalue weighted by atomic mass is 10.2. The average molecular weight is 424 g/mol. The second kappa shape index (κ2) is 8.23. The molecule has 30 heavy (non-hydrogen) atoms. The summed E-state index contributed by atoms with van der Waals surface area (Å²) < 4.78 is 49.0. The van der Waals surface area contributed by atoms with Crippen LogP contribution < -0.4 is 10.2 Å². The van der Waals surface area contributed by atoms with E-state index >= 15 is 0 Å². The minimum atomic E-state index is -4.57. The number of hydrogen-bond acceptors (Lipinski definition) is 8. The Kier molecular flexibility index (Phi) is 5.71. The van der Waals surface area contributed by atoms with Crippen molar-refractivity contribution < 1.29 is 32.3 Å². The van der Waals surface area contributed by atoms with Gasteiger partial charge in [-0.2, -0.15) is 28.4 Å². The van der Waals surface area contributed by atoms with E-state index in [1.54, 1.807) is 6.07 Å². The number of carbonyl (C=O) groups excluding carboxylic acids is 1. The molecule has 1 amide bonds. The minimum absolute atomic E-state index is 0.0349. The van der Waals surface area contributed by atoms with Crippen molar-refractivity contribution in [2.45, 2.75) is 19.6 Å². The number of hydrogen-bond donors (Lipinski definition) is 2. The fourth-order valence-electron chi connectivity index (χ4n) is 2.34. The first-order valence-corrected chi connectivity index (χ1v) is 8.32. The highest BCUT2D eigenvalue weighted by atomic mass is 19.4. The number of nitrogens with zero attached hydrogens (tertiary/aromatic N) is 5. The van der Waals surface area contributed by atoms with Gasteiger partial charge in [0.15, 0.2) is 23.0 Å². The van der Waals surface area contributed by atoms with Crippen molar-refractivity contribution in [1.82, 2.24) is 25.3 Å². The van der Waals surface area contributed by atoms with Gasteiger partial charge in [-0.3, -0.25) is 9.48 Å². The number of halogens is 3. The van der Waals surface area contributed by atoms with E-state index in [0.29, 0.717) is 5.56 Å². The molecule has 0 fully saturated rings. The van der Waals surface area contributed by atoms with Gasteiger partial charge in [0.2, 0.25) is 0 Å². The molecule has 0 unspecified atom stereocenters. The molecule has 2 aromatic heterocycles. The molecule has 0 atom stereocenters. The molecule has 0 saturated carbocycles. The van der Waals surface area contributed by atoms with Gasteiger partial charge >= 0.3 is 18.0 Å². The van der Waals surface area contributed by atoms with Gasteiger partial charge in [-0.25, -0.2) is 5.43 Å². The summed E-state index contributed by atoms with van der Waals surface area (Å²) in [6, 6.07) is 5.33. The number of phenolic OH excluding ortho intramolecular Hbond substituents is 1. The number of phenols is 1. The maximum absolute atomic E-state index is 12.7. The number of rotatable bonds is 6. The van der Waals surface area contributed by atoms with Gasteiger partial charge in [0.25, 0.3) is 0 Å². The number of ether oxygens (including phenoxy) is 1. The molecule has 0 saturated heterocycles. The first kappa shape index (κ1) is 20.8. The van der Waals surface area contributed by atoms with Crippen molar-refractivity contribution in [3.05, 3.63) is 52.9 Å². The summed E-state index contributed by atoms with van der Waals surface area (Å²) in [7, 11) is 1.39. The van der Waals surface area contributed by atoms with E-state index in [0.717, 1.165) is 10.7 Å². The molecular formula is C17H15F3N6O4. The number of aromatic hydroxyl groups is 1. The number of hydrazone groups is 1. The summed E-state index contributed by atoms with van der Waals surface area (Å²) in [4.78, 5) is 15.8. The zero-order chi connectivity index (χ0) is 21.9. The van der Waals surface area contributed by atoms with E-state index < -0.39 is 23.7 Å². The number of carbonyl (C=O) groups is 1. The predicted molar refractivity (Wildman–Crippen MR) is 95.1 cm³/mol. The summed E-state index contributed by atoms with van der Waals surface area (Å²) in [5.74, 6) is -1.09. The van der Waals surface area contributed by atoms with Crippen LogP contribution in [0, 0.1) is 6.92 Å². The Morgan fingerprint density at radius 1 is 1.40 bits per heavy atom. The summed E-state index contributed by atoms with van der Waals surface area (Å²) >= 11 is 0. The van der Waals surface area contributed by atoms with Gasteiger partial charge in [-0.15, -0.1) is 0 Å². The Morgan fingerprint density at radius 2 is 2.17 bits per heavy atom. The third-order valence-electron chi connectivity index (χ3n) is 3.81. The standard InChI is InChI=1S/C17H15F3N6O4/c1-9-5-13(17(18,19)20)24-26(9)8-14-22-16(30-25-14)15(28)23-21-7-10-3-4-11(27)12(6-10)29-2/h3-7,27H,8H2,1-2H3,(H,23,28). The number of methoxy groups -OCH3 is 1. The maximum Gasteiger partial charge on any atom is 0.435 e. The highest BCUT2D eigenvalue weighted by molar-refractivity contribution is 5.90. The van der Waals surface area contributed by atoms with Crippen molar-refractivity contribution in [2.75, 3.05) is 7.11 Å². The van der Waals surface area contributed by atoms with E-state index in [-0.39, 0.29) is 29.6 Å². The molecule has 13 heteroatoms. The monoisotopic (exact) mass is 424 g/mol. The zero-order valence-electron chi connectivity index (χ0n) is 15.6. The molecular weight excluding hydrogens is 409 g/mol. The molecule has 0 radical (unpaired) electrons. The summed E-state index contributed by atoms with van der Waals surface area (Å²) in [6.45, 7) is 1.23. The normalized spacial score (nSPS) is 11.8. The fraction of sp³-hybridized carbons (Fsp3) is 0.235. The Hall–Kier alpha value is -3.90. The first-order valence-electron chi connectivity index (χ1n) is 8.32. The Balaban J connectivity index is 1.63. The van der Waals surface area contributed by atoms with Crippen molar-refractivity contribution >= 4 is 12.1 Å². The predicted octanol–water partition coefficient (Wildman–Crippen LogP) is 2.12. The van der Waals surface area contributed by atoms with Gasteiger partial charge in [0.05, 0.1) is 13.3 Å². The Bertz CT molecular complexity index is 1090. The maximum atomic E-state index is 12.7. The van der Waals surface area contributed by atoms with Gasteiger partial charge in [-0.1, -0.05) is 5.16 Å². The summed E-state index contributed by atoms with van der Waals surface area (Å²) in [6.07, 6.45) is -3.28. The van der Waals surface area contributed by atoms with Crippen molar-refractivity contribution in [2.24, 2.45) is 5.10 Å². The van der Waals surface area contributed by atoms with Gasteiger partial charge < -0.3 is 14.4 Å². The smallest absolute Gasteiger partial charge is 0.435 e. The highest BCUT2D eigenvalue weighted by Crippen LogP contribution is 2.28. The molecule has 1 aromatic carbocycles. The van der Waals surface area contributed by atoms with Crippen LogP contribution in [0.1, 0.15) is 33.5 Å². The summed E-state index contributed by atoms with van der Waals surface area (Å²) in [5.41, 5.74) is 1.91. The highest BCUT2D eigenvalue weighted by Gasteiger charge is 2.34. The molecule has 10 nitrogen and oxygen atoms in total. The van der Waals surface area contributed by atoms with Crippen LogP contribution in [0.2, 0.25) is 0 Å². The topological polar surface area (TPSA) is 128 Å². The molecule has 3 rings (SSSR count). The molecule has 0 aliphatic carbocycles. The van der Waals surface area contributed by atoms with Gasteiger partial charge in [0, 0.05) is 5.69 Å². The van der Waals surface area contributed by atoms with Crippen LogP contribution in [0.5, 0.6) is 11.5 Å². The van der Waals surface area contributed by atoms with Crippen LogP contribution in [0.3, 0.4) is 0 Å². The molecule has 0 spiro atoms. The lowest BCUT2D eigenvalue weighted by Gasteiger charge is -2.03. The van der Waals surface area contributed by atoms with Crippen LogP contribution >= 0.6 is 0 Å². The lowest BCUT2D eigenvalue weighted by Crippen LogP contribution is -2.18. The molecule has 0 bridgehead atoms. The van der Waals surface area contributed by atoms with Crippen LogP contribution in [0.4, 0.5) is 13.2 Å². The summed E-state index contributed by atoms with van der Waals surface area (Å²) in [5, 5.41) is 20.3. The molecule has 158 valence electrons. The van der Waals surface area contributed by atoms with Crippen molar-refractivity contribution in [3.63, 3.8) is 0 Å². The van der Waals surface area contributed by atoms with Gasteiger partial charge in [0.1, 0.15) is 6.54 Å². The number of alkyl halides is 3. The first-order chi connectivity index (χ1) is 14.2. The van der Waals surface area contributed by atoms with E-state index in [1.165, 1.54) is 32.4 Å². The van der Waals surface area contributed by atoms with E-state index in [4.69, 9.17) is 9.26 Å². The van der Waals surface area contributed by atoms with E-state index in [2.05, 4.69) is 25.8 Å². The van der Waals surface area contributed by atoms with Crippen LogP contribution in [-0.2, 0) is 12.7 Å². The fourth-order valence-corrected chi connectivity index (χ4v) is 2.34. The molecule has 2 heterocycles. The van der Waals surface area contributed by atoms with E-state index in [1.807, 2.05) is 0 Å². The third-order valence-corrected chi connectivity index (χ3v) is 3.81. The molecule has 3 aromatic rings. The minimum Gasteiger partial charge on any atom is -0.504 e. The van der Waals surface area contributed by atoms with Crippen molar-refractivity contribution in [1.29, 1.82) is 0 Å². The Morgan fingerprint density at radius 3 is 2.83 bits per heavy atom. The SMILES string of the molecule is COc1cc(C=NNC(=O)c2nc(Cn3nc(C(F)(F)F)cc3C)no2)ccc1O. The van der Waals surface area contributed by atoms with Crippen molar-refractivity contribution in [3.8, 4) is 11.5 Å². The van der Waals surface area contributed by atoms with Crippen LogP contribution in [0.15, 0.2) is 33.9 Å². The lowest BCUT2D eigenvalue weighted by molar-refractivity contribution is -0.141. The number of aryl methyl sites for hydroxylation is 1.